The molecule has 16 heavy (non-hydrogen) atoms. The molecule has 0 fully saturated rings. The second-order valence-electron chi connectivity index (χ2n) is 5.93. The van der Waals surface area contributed by atoms with Gasteiger partial charge in [0.2, 0.25) is 0 Å². The van der Waals surface area contributed by atoms with E-state index < -0.39 is 8.24 Å². The molecular formula is C14H33NSi. The molecule has 0 N–H and O–H groups in total. The van der Waals surface area contributed by atoms with Gasteiger partial charge in [-0.05, 0) is 20.1 Å². The summed E-state index contributed by atoms with van der Waals surface area (Å²) in [6, 6.07) is 1.47. The molecule has 0 unspecified atom stereocenters. The molecule has 2 heteroatoms. The monoisotopic (exact) mass is 243 g/mol. The van der Waals surface area contributed by atoms with Crippen LogP contribution >= 0.6 is 0 Å². The minimum Gasteiger partial charge on any atom is -0.329 e. The van der Waals surface area contributed by atoms with Gasteiger partial charge >= 0.3 is 0 Å². The first-order chi connectivity index (χ1) is 7.50. The molecule has 0 heterocycles. The molecular weight excluding hydrogens is 210 g/mol. The van der Waals surface area contributed by atoms with Crippen LogP contribution in [0, 0.1) is 0 Å². The summed E-state index contributed by atoms with van der Waals surface area (Å²) in [5.74, 6) is 0. The first-order valence-corrected chi connectivity index (χ1v) is 10.3. The molecule has 0 aromatic heterocycles. The molecule has 0 aliphatic heterocycles. The van der Waals surface area contributed by atoms with Crippen LogP contribution in [0.15, 0.2) is 0 Å². The Balaban J connectivity index is 3.27. The van der Waals surface area contributed by atoms with Gasteiger partial charge in [0.1, 0.15) is 8.24 Å². The van der Waals surface area contributed by atoms with E-state index in [4.69, 9.17) is 0 Å². The summed E-state index contributed by atoms with van der Waals surface area (Å²) in [7, 11) is 3.47. The fourth-order valence-corrected chi connectivity index (χ4v) is 3.48. The van der Waals surface area contributed by atoms with E-state index in [-0.39, 0.29) is 0 Å². The molecule has 0 aliphatic carbocycles. The van der Waals surface area contributed by atoms with Crippen molar-refractivity contribution in [3.05, 3.63) is 0 Å². The van der Waals surface area contributed by atoms with Crippen LogP contribution in [-0.4, -0.2) is 26.9 Å². The summed E-state index contributed by atoms with van der Waals surface area (Å²) < 4.78 is 2.48. The van der Waals surface area contributed by atoms with E-state index in [0.29, 0.717) is 0 Å². The molecule has 0 aliphatic rings. The van der Waals surface area contributed by atoms with Gasteiger partial charge in [-0.1, -0.05) is 71.4 Å². The fourth-order valence-electron chi connectivity index (χ4n) is 1.92. The molecule has 98 valence electrons. The second kappa shape index (κ2) is 9.23. The van der Waals surface area contributed by atoms with Crippen LogP contribution in [0.25, 0.3) is 0 Å². The third-order valence-electron chi connectivity index (χ3n) is 3.85. The molecule has 0 saturated heterocycles. The SMILES string of the molecule is CCCCCCCCCC[Si](C)(C)N(C)C. The molecule has 0 spiro atoms. The third-order valence-corrected chi connectivity index (χ3v) is 7.85. The number of hydrogen-bond donors (Lipinski definition) is 0. The van der Waals surface area contributed by atoms with Gasteiger partial charge in [0, 0.05) is 0 Å². The highest BCUT2D eigenvalue weighted by Crippen LogP contribution is 2.17. The number of unbranched alkanes of at least 4 members (excludes halogenated alkanes) is 7. The fraction of sp³-hybridized carbons (Fsp3) is 1.00. The molecule has 0 atom stereocenters. The third kappa shape index (κ3) is 8.34. The Morgan fingerprint density at radius 3 is 1.62 bits per heavy atom. The van der Waals surface area contributed by atoms with Crippen LogP contribution < -0.4 is 0 Å². The summed E-state index contributed by atoms with van der Waals surface area (Å²) in [5.41, 5.74) is 0. The van der Waals surface area contributed by atoms with Gasteiger partial charge in [0.25, 0.3) is 0 Å². The summed E-state index contributed by atoms with van der Waals surface area (Å²) >= 11 is 0. The van der Waals surface area contributed by atoms with Gasteiger partial charge in [0.15, 0.2) is 0 Å². The summed E-state index contributed by atoms with van der Waals surface area (Å²) in [4.78, 5) is 0. The molecule has 0 bridgehead atoms. The van der Waals surface area contributed by atoms with Crippen molar-refractivity contribution in [3.63, 3.8) is 0 Å². The molecule has 0 aromatic carbocycles. The second-order valence-corrected chi connectivity index (χ2v) is 11.0. The largest absolute Gasteiger partial charge is 0.329 e. The van der Waals surface area contributed by atoms with Gasteiger partial charge < -0.3 is 4.57 Å². The quantitative estimate of drug-likeness (QED) is 0.390. The van der Waals surface area contributed by atoms with E-state index in [0.717, 1.165) is 0 Å². The Labute approximate surface area is 105 Å². The predicted octanol–water partition coefficient (Wildman–Crippen LogP) is 4.89. The van der Waals surface area contributed by atoms with Gasteiger partial charge in [-0.2, -0.15) is 0 Å². The first kappa shape index (κ1) is 16.2. The van der Waals surface area contributed by atoms with Gasteiger partial charge in [-0.3, -0.25) is 0 Å². The molecule has 0 amide bonds. The van der Waals surface area contributed by atoms with Crippen LogP contribution in [0.4, 0.5) is 0 Å². The summed E-state index contributed by atoms with van der Waals surface area (Å²) in [6.07, 6.45) is 11.5. The molecule has 0 rings (SSSR count). The summed E-state index contributed by atoms with van der Waals surface area (Å²) in [5, 5.41) is 0. The highest BCUT2D eigenvalue weighted by Gasteiger charge is 2.22. The highest BCUT2D eigenvalue weighted by molar-refractivity contribution is 6.74. The van der Waals surface area contributed by atoms with Crippen molar-refractivity contribution < 1.29 is 0 Å². The topological polar surface area (TPSA) is 3.24 Å². The molecule has 0 radical (unpaired) electrons. The lowest BCUT2D eigenvalue weighted by atomic mass is 10.1. The van der Waals surface area contributed by atoms with E-state index in [1.165, 1.54) is 57.4 Å². The minimum atomic E-state index is -1.03. The Morgan fingerprint density at radius 1 is 0.750 bits per heavy atom. The lowest BCUT2D eigenvalue weighted by Gasteiger charge is -2.30. The van der Waals surface area contributed by atoms with E-state index >= 15 is 0 Å². The normalized spacial score (nSPS) is 12.4. The van der Waals surface area contributed by atoms with Crippen molar-refractivity contribution >= 4 is 8.24 Å². The zero-order valence-corrected chi connectivity index (χ0v) is 13.3. The average molecular weight is 244 g/mol. The van der Waals surface area contributed by atoms with Crippen molar-refractivity contribution in [2.75, 3.05) is 14.1 Å². The first-order valence-electron chi connectivity index (χ1n) is 7.18. The van der Waals surface area contributed by atoms with Gasteiger partial charge in [-0.15, -0.1) is 0 Å². The molecule has 0 saturated carbocycles. The van der Waals surface area contributed by atoms with E-state index in [1.54, 1.807) is 0 Å². The number of nitrogens with zero attached hydrogens (tertiary/aromatic N) is 1. The maximum absolute atomic E-state index is 2.48. The van der Waals surface area contributed by atoms with Crippen LogP contribution in [0.3, 0.4) is 0 Å². The maximum atomic E-state index is 2.48. The Morgan fingerprint density at radius 2 is 1.19 bits per heavy atom. The lowest BCUT2D eigenvalue weighted by molar-refractivity contribution is 0.572. The Hall–Kier alpha value is 0.177. The van der Waals surface area contributed by atoms with Crippen LogP contribution in [-0.2, 0) is 0 Å². The lowest BCUT2D eigenvalue weighted by Crippen LogP contribution is -2.43. The average Bonchev–Trinajstić information content (AvgIpc) is 2.21. The van der Waals surface area contributed by atoms with E-state index in [9.17, 15) is 0 Å². The van der Waals surface area contributed by atoms with Crippen molar-refractivity contribution in [1.82, 2.24) is 4.57 Å². The highest BCUT2D eigenvalue weighted by atomic mass is 28.3. The maximum Gasteiger partial charge on any atom is 0.121 e. The Bertz CT molecular complexity index is 155. The van der Waals surface area contributed by atoms with Crippen LogP contribution in [0.5, 0.6) is 0 Å². The Kier molecular flexibility index (Phi) is 9.33. The van der Waals surface area contributed by atoms with Gasteiger partial charge in [0.05, 0.1) is 0 Å². The van der Waals surface area contributed by atoms with Crippen molar-refractivity contribution in [2.24, 2.45) is 0 Å². The zero-order valence-electron chi connectivity index (χ0n) is 12.3. The minimum absolute atomic E-state index is 1.03. The number of hydrogen-bond acceptors (Lipinski definition) is 1. The van der Waals surface area contributed by atoms with Crippen molar-refractivity contribution in [3.8, 4) is 0 Å². The predicted molar refractivity (Wildman–Crippen MR) is 78.6 cm³/mol. The smallest absolute Gasteiger partial charge is 0.121 e. The summed E-state index contributed by atoms with van der Waals surface area (Å²) in [6.45, 7) is 7.25. The molecule has 0 aromatic rings. The molecule has 1 nitrogen and oxygen atoms in total. The van der Waals surface area contributed by atoms with Crippen molar-refractivity contribution in [2.45, 2.75) is 77.4 Å². The van der Waals surface area contributed by atoms with E-state index in [1.807, 2.05) is 0 Å². The zero-order chi connectivity index (χ0) is 12.4. The van der Waals surface area contributed by atoms with E-state index in [2.05, 4.69) is 38.7 Å². The number of rotatable bonds is 10. The van der Waals surface area contributed by atoms with Gasteiger partial charge in [-0.25, -0.2) is 0 Å². The standard InChI is InChI=1S/C14H33NSi/c1-6-7-8-9-10-11-12-13-14-16(4,5)15(2)3/h6-14H2,1-5H3. The van der Waals surface area contributed by atoms with Crippen molar-refractivity contribution in [1.29, 1.82) is 0 Å². The van der Waals surface area contributed by atoms with Crippen LogP contribution in [0.2, 0.25) is 19.1 Å². The van der Waals surface area contributed by atoms with Crippen LogP contribution in [0.1, 0.15) is 58.3 Å².